The average molecular weight is 244 g/mol. The first-order valence-electron chi connectivity index (χ1n) is 4.73. The number of aliphatic hydroxyl groups excluding tert-OH is 1. The number of hydrogen-bond acceptors (Lipinski definition) is 6. The van der Waals surface area contributed by atoms with Gasteiger partial charge in [-0.05, 0) is 6.07 Å². The van der Waals surface area contributed by atoms with Gasteiger partial charge in [0.1, 0.15) is 4.92 Å². The maximum Gasteiger partial charge on any atom is 0.433 e. The lowest BCUT2D eigenvalue weighted by atomic mass is 10.3. The van der Waals surface area contributed by atoms with Gasteiger partial charge < -0.3 is 19.6 Å². The number of nitro groups is 1. The van der Waals surface area contributed by atoms with Crippen molar-refractivity contribution in [3.8, 4) is 0 Å². The van der Waals surface area contributed by atoms with Gasteiger partial charge in [-0.25, -0.2) is 0 Å². The number of hydrogen-bond donors (Lipinski definition) is 2. The molecular weight excluding hydrogens is 232 g/mol. The van der Waals surface area contributed by atoms with Crippen LogP contribution in [-0.4, -0.2) is 42.3 Å². The van der Waals surface area contributed by atoms with E-state index in [0.29, 0.717) is 0 Å². The minimum atomic E-state index is -0.741. The summed E-state index contributed by atoms with van der Waals surface area (Å²) in [6, 6.07) is 1.69. The lowest BCUT2D eigenvalue weighted by Gasteiger charge is -2.13. The fourth-order valence-electron chi connectivity index (χ4n) is 1.15. The molecule has 0 spiro atoms. The van der Waals surface area contributed by atoms with E-state index in [1.165, 1.54) is 13.2 Å². The van der Waals surface area contributed by atoms with E-state index in [-0.39, 0.29) is 19.0 Å². The highest BCUT2D eigenvalue weighted by Crippen LogP contribution is 2.15. The molecule has 1 atom stereocenters. The molecule has 0 radical (unpaired) electrons. The molecule has 0 aliphatic carbocycles. The van der Waals surface area contributed by atoms with Crippen LogP contribution in [0.1, 0.15) is 10.6 Å². The van der Waals surface area contributed by atoms with Crippen molar-refractivity contribution in [3.05, 3.63) is 28.0 Å². The highest BCUT2D eigenvalue weighted by Gasteiger charge is 2.19. The van der Waals surface area contributed by atoms with Crippen molar-refractivity contribution in [1.29, 1.82) is 0 Å². The SMILES string of the molecule is COCC(CO)NC(=O)c1ccc([N+](=O)[O-])o1. The summed E-state index contributed by atoms with van der Waals surface area (Å²) >= 11 is 0. The van der Waals surface area contributed by atoms with Crippen LogP contribution in [0.5, 0.6) is 0 Å². The fourth-order valence-corrected chi connectivity index (χ4v) is 1.15. The molecule has 94 valence electrons. The molecule has 8 heteroatoms. The molecule has 17 heavy (non-hydrogen) atoms. The topological polar surface area (TPSA) is 115 Å². The number of aliphatic hydroxyl groups is 1. The monoisotopic (exact) mass is 244 g/mol. The highest BCUT2D eigenvalue weighted by atomic mass is 16.6. The lowest BCUT2D eigenvalue weighted by Crippen LogP contribution is -2.40. The van der Waals surface area contributed by atoms with E-state index in [2.05, 4.69) is 5.32 Å². The van der Waals surface area contributed by atoms with Gasteiger partial charge in [0, 0.05) is 7.11 Å². The van der Waals surface area contributed by atoms with Crippen molar-refractivity contribution in [2.75, 3.05) is 20.3 Å². The molecule has 0 aromatic carbocycles. The second-order valence-electron chi connectivity index (χ2n) is 3.20. The minimum Gasteiger partial charge on any atom is -0.395 e. The predicted octanol–water partition coefficient (Wildman–Crippen LogP) is -0.0751. The third kappa shape index (κ3) is 3.54. The van der Waals surface area contributed by atoms with Gasteiger partial charge in [-0.3, -0.25) is 14.9 Å². The number of nitrogens with one attached hydrogen (secondary N) is 1. The molecule has 0 bridgehead atoms. The zero-order chi connectivity index (χ0) is 12.8. The number of carbonyl (C=O) groups is 1. The summed E-state index contributed by atoms with van der Waals surface area (Å²) in [6.45, 7) is -0.173. The lowest BCUT2D eigenvalue weighted by molar-refractivity contribution is -0.402. The molecule has 8 nitrogen and oxygen atoms in total. The molecule has 1 aromatic rings. The molecule has 1 heterocycles. The summed E-state index contributed by atoms with van der Waals surface area (Å²) in [6.07, 6.45) is 0. The molecule has 0 saturated heterocycles. The summed E-state index contributed by atoms with van der Waals surface area (Å²) < 4.78 is 9.46. The summed E-state index contributed by atoms with van der Waals surface area (Å²) in [5.41, 5.74) is 0. The molecule has 1 amide bonds. The Morgan fingerprint density at radius 3 is 2.88 bits per heavy atom. The smallest absolute Gasteiger partial charge is 0.395 e. The van der Waals surface area contributed by atoms with Gasteiger partial charge in [0.05, 0.1) is 25.3 Å². The normalized spacial score (nSPS) is 12.1. The van der Waals surface area contributed by atoms with Crippen molar-refractivity contribution in [1.82, 2.24) is 5.32 Å². The number of rotatable bonds is 6. The molecule has 0 aliphatic rings. The Morgan fingerprint density at radius 1 is 1.71 bits per heavy atom. The van der Waals surface area contributed by atoms with E-state index in [9.17, 15) is 14.9 Å². The van der Waals surface area contributed by atoms with Crippen LogP contribution in [0.25, 0.3) is 0 Å². The molecular formula is C9H12N2O6. The van der Waals surface area contributed by atoms with Crippen LogP contribution in [-0.2, 0) is 4.74 Å². The number of nitrogens with zero attached hydrogens (tertiary/aromatic N) is 1. The number of furan rings is 1. The number of amides is 1. The standard InChI is InChI=1S/C9H12N2O6/c1-16-5-6(4-12)10-9(13)7-2-3-8(17-7)11(14)15/h2-3,6,12H,4-5H2,1H3,(H,10,13). The Balaban J connectivity index is 2.65. The van der Waals surface area contributed by atoms with Crippen LogP contribution in [0.15, 0.2) is 16.5 Å². The number of ether oxygens (including phenoxy) is 1. The fraction of sp³-hybridized carbons (Fsp3) is 0.444. The minimum absolute atomic E-state index is 0.130. The number of methoxy groups -OCH3 is 1. The van der Waals surface area contributed by atoms with E-state index < -0.39 is 22.8 Å². The van der Waals surface area contributed by atoms with Crippen LogP contribution in [0.4, 0.5) is 5.88 Å². The van der Waals surface area contributed by atoms with Crippen LogP contribution < -0.4 is 5.32 Å². The summed E-state index contributed by atoms with van der Waals surface area (Å²) in [4.78, 5) is 21.1. The summed E-state index contributed by atoms with van der Waals surface area (Å²) in [5.74, 6) is -1.34. The van der Waals surface area contributed by atoms with Gasteiger partial charge in [0.25, 0.3) is 5.91 Å². The van der Waals surface area contributed by atoms with Gasteiger partial charge in [0.15, 0.2) is 5.76 Å². The van der Waals surface area contributed by atoms with Crippen molar-refractivity contribution < 1.29 is 24.0 Å². The number of carbonyl (C=O) groups excluding carboxylic acids is 1. The first-order valence-corrected chi connectivity index (χ1v) is 4.73. The Labute approximate surface area is 96.3 Å². The van der Waals surface area contributed by atoms with Gasteiger partial charge in [-0.1, -0.05) is 0 Å². The second-order valence-corrected chi connectivity index (χ2v) is 3.20. The molecule has 1 unspecified atom stereocenters. The molecule has 0 aliphatic heterocycles. The summed E-state index contributed by atoms with van der Waals surface area (Å²) in [7, 11) is 1.42. The summed E-state index contributed by atoms with van der Waals surface area (Å²) in [5, 5.41) is 21.7. The predicted molar refractivity (Wildman–Crippen MR) is 55.6 cm³/mol. The van der Waals surface area contributed by atoms with E-state index in [4.69, 9.17) is 14.3 Å². The van der Waals surface area contributed by atoms with Crippen molar-refractivity contribution in [3.63, 3.8) is 0 Å². The van der Waals surface area contributed by atoms with Crippen LogP contribution in [0, 0.1) is 10.1 Å². The van der Waals surface area contributed by atoms with Gasteiger partial charge in [-0.15, -0.1) is 0 Å². The highest BCUT2D eigenvalue weighted by molar-refractivity contribution is 5.91. The third-order valence-electron chi connectivity index (χ3n) is 1.92. The Kier molecular flexibility index (Phi) is 4.61. The third-order valence-corrected chi connectivity index (χ3v) is 1.92. The van der Waals surface area contributed by atoms with E-state index in [0.717, 1.165) is 6.07 Å². The van der Waals surface area contributed by atoms with Crippen molar-refractivity contribution in [2.45, 2.75) is 6.04 Å². The zero-order valence-electron chi connectivity index (χ0n) is 9.08. The van der Waals surface area contributed by atoms with Gasteiger partial charge >= 0.3 is 5.88 Å². The first-order chi connectivity index (χ1) is 8.08. The molecule has 0 saturated carbocycles. The first kappa shape index (κ1) is 13.1. The average Bonchev–Trinajstić information content (AvgIpc) is 2.77. The van der Waals surface area contributed by atoms with E-state index >= 15 is 0 Å². The van der Waals surface area contributed by atoms with E-state index in [1.54, 1.807) is 0 Å². The zero-order valence-corrected chi connectivity index (χ0v) is 9.08. The quantitative estimate of drug-likeness (QED) is 0.534. The van der Waals surface area contributed by atoms with E-state index in [1.807, 2.05) is 0 Å². The molecule has 0 fully saturated rings. The molecule has 1 rings (SSSR count). The van der Waals surface area contributed by atoms with Crippen LogP contribution in [0.3, 0.4) is 0 Å². The maximum absolute atomic E-state index is 11.5. The Hall–Kier alpha value is -1.93. The van der Waals surface area contributed by atoms with Gasteiger partial charge in [0.2, 0.25) is 0 Å². The molecule has 2 N–H and O–H groups in total. The maximum atomic E-state index is 11.5. The van der Waals surface area contributed by atoms with Crippen molar-refractivity contribution in [2.24, 2.45) is 0 Å². The second kappa shape index (κ2) is 5.97. The van der Waals surface area contributed by atoms with Crippen molar-refractivity contribution >= 4 is 11.8 Å². The van der Waals surface area contributed by atoms with Crippen LogP contribution in [0.2, 0.25) is 0 Å². The van der Waals surface area contributed by atoms with Crippen LogP contribution >= 0.6 is 0 Å². The largest absolute Gasteiger partial charge is 0.433 e. The molecule has 1 aromatic heterocycles. The van der Waals surface area contributed by atoms with Gasteiger partial charge in [-0.2, -0.15) is 0 Å². The Morgan fingerprint density at radius 2 is 2.41 bits per heavy atom. The Bertz CT molecular complexity index is 402.